The Balaban J connectivity index is 1.88. The first-order chi connectivity index (χ1) is 10.2. The molecular weight excluding hydrogens is 270 g/mol. The third-order valence-corrected chi connectivity index (χ3v) is 3.42. The number of hydrogen-bond acceptors (Lipinski definition) is 5. The molecule has 1 aromatic heterocycles. The number of nitrogens with one attached hydrogen (secondary N) is 1. The quantitative estimate of drug-likeness (QED) is 0.926. The van der Waals surface area contributed by atoms with E-state index < -0.39 is 6.10 Å². The summed E-state index contributed by atoms with van der Waals surface area (Å²) in [7, 11) is 1.61. The van der Waals surface area contributed by atoms with Crippen LogP contribution in [0.1, 0.15) is 11.7 Å². The molecule has 0 radical (unpaired) electrons. The smallest absolute Gasteiger partial charge is 0.262 e. The van der Waals surface area contributed by atoms with Crippen LogP contribution in [-0.2, 0) is 11.3 Å². The standard InChI is InChI=1S/C15H17N3O3/c1-10-17-7-11(20-10)8-18-9-14(15(19)16-2)21-13-6-4-3-5-12(13)18/h3-7,14H,8-9H2,1-2H3,(H,16,19). The van der Waals surface area contributed by atoms with Crippen LogP contribution in [0.15, 0.2) is 34.9 Å². The average Bonchev–Trinajstić information content (AvgIpc) is 2.91. The average molecular weight is 287 g/mol. The maximum atomic E-state index is 11.9. The number of rotatable bonds is 3. The van der Waals surface area contributed by atoms with E-state index >= 15 is 0 Å². The van der Waals surface area contributed by atoms with E-state index in [4.69, 9.17) is 9.15 Å². The first-order valence-electron chi connectivity index (χ1n) is 6.81. The minimum absolute atomic E-state index is 0.136. The Hall–Kier alpha value is -2.50. The van der Waals surface area contributed by atoms with Crippen molar-refractivity contribution in [3.63, 3.8) is 0 Å². The third kappa shape index (κ3) is 2.69. The normalized spacial score (nSPS) is 17.0. The fraction of sp³-hybridized carbons (Fsp3) is 0.333. The number of aryl methyl sites for hydroxylation is 1. The molecule has 1 aliphatic heterocycles. The summed E-state index contributed by atoms with van der Waals surface area (Å²) in [5, 5.41) is 2.63. The summed E-state index contributed by atoms with van der Waals surface area (Å²) in [6, 6.07) is 7.67. The summed E-state index contributed by atoms with van der Waals surface area (Å²) in [5.74, 6) is 1.96. The van der Waals surface area contributed by atoms with E-state index in [0.29, 0.717) is 24.7 Å². The number of amides is 1. The highest BCUT2D eigenvalue weighted by molar-refractivity contribution is 5.83. The summed E-state index contributed by atoms with van der Waals surface area (Å²) in [6.45, 7) is 2.83. The van der Waals surface area contributed by atoms with Gasteiger partial charge in [-0.05, 0) is 12.1 Å². The Morgan fingerprint density at radius 1 is 1.48 bits per heavy atom. The molecule has 6 heteroatoms. The minimum atomic E-state index is -0.533. The lowest BCUT2D eigenvalue weighted by molar-refractivity contribution is -0.127. The van der Waals surface area contributed by atoms with Crippen molar-refractivity contribution >= 4 is 11.6 Å². The summed E-state index contributed by atoms with van der Waals surface area (Å²) in [6.07, 6.45) is 1.18. The second-order valence-electron chi connectivity index (χ2n) is 4.91. The first kappa shape index (κ1) is 13.5. The van der Waals surface area contributed by atoms with E-state index in [2.05, 4.69) is 15.2 Å². The van der Waals surface area contributed by atoms with E-state index in [1.165, 1.54) is 0 Å². The lowest BCUT2D eigenvalue weighted by Crippen LogP contribution is -2.47. The molecule has 0 saturated carbocycles. The van der Waals surface area contributed by atoms with E-state index in [0.717, 1.165) is 11.4 Å². The predicted octanol–water partition coefficient (Wildman–Crippen LogP) is 1.50. The van der Waals surface area contributed by atoms with Gasteiger partial charge in [0.05, 0.1) is 25.0 Å². The van der Waals surface area contributed by atoms with Crippen LogP contribution in [-0.4, -0.2) is 30.6 Å². The predicted molar refractivity (Wildman–Crippen MR) is 77.2 cm³/mol. The molecule has 1 unspecified atom stereocenters. The van der Waals surface area contributed by atoms with Gasteiger partial charge >= 0.3 is 0 Å². The number of fused-ring (bicyclic) bond motifs is 1. The lowest BCUT2D eigenvalue weighted by Gasteiger charge is -2.34. The number of likely N-dealkylation sites (N-methyl/N-ethyl adjacent to an activating group) is 1. The number of aromatic nitrogens is 1. The number of carbonyl (C=O) groups is 1. The van der Waals surface area contributed by atoms with Gasteiger partial charge in [-0.1, -0.05) is 12.1 Å². The molecule has 0 fully saturated rings. The number of carbonyl (C=O) groups excluding carboxylic acids is 1. The third-order valence-electron chi connectivity index (χ3n) is 3.42. The number of ether oxygens (including phenoxy) is 1. The number of anilines is 1. The van der Waals surface area contributed by atoms with Crippen LogP contribution >= 0.6 is 0 Å². The molecule has 2 heterocycles. The van der Waals surface area contributed by atoms with Crippen molar-refractivity contribution in [3.05, 3.63) is 42.1 Å². The molecule has 0 aliphatic carbocycles. The van der Waals surface area contributed by atoms with Gasteiger partial charge in [0.1, 0.15) is 11.5 Å². The highest BCUT2D eigenvalue weighted by Gasteiger charge is 2.30. The Kier molecular flexibility index (Phi) is 3.51. The summed E-state index contributed by atoms with van der Waals surface area (Å²) >= 11 is 0. The molecule has 110 valence electrons. The second-order valence-corrected chi connectivity index (χ2v) is 4.91. The van der Waals surface area contributed by atoms with Crippen LogP contribution in [0.25, 0.3) is 0 Å². The number of nitrogens with zero attached hydrogens (tertiary/aromatic N) is 2. The van der Waals surface area contributed by atoms with Crippen LogP contribution in [0.2, 0.25) is 0 Å². The topological polar surface area (TPSA) is 67.6 Å². The molecule has 0 bridgehead atoms. The van der Waals surface area contributed by atoms with Crippen LogP contribution in [0.4, 0.5) is 5.69 Å². The van der Waals surface area contributed by atoms with Crippen molar-refractivity contribution in [2.45, 2.75) is 19.6 Å². The van der Waals surface area contributed by atoms with Gasteiger partial charge in [-0.2, -0.15) is 0 Å². The van der Waals surface area contributed by atoms with Crippen LogP contribution < -0.4 is 15.0 Å². The van der Waals surface area contributed by atoms with Crippen molar-refractivity contribution in [1.29, 1.82) is 0 Å². The van der Waals surface area contributed by atoms with Gasteiger partial charge < -0.3 is 19.4 Å². The van der Waals surface area contributed by atoms with Crippen LogP contribution in [0.3, 0.4) is 0 Å². The number of benzene rings is 1. The zero-order valence-corrected chi connectivity index (χ0v) is 12.0. The summed E-state index contributed by atoms with van der Waals surface area (Å²) in [5.41, 5.74) is 0.951. The maximum Gasteiger partial charge on any atom is 0.262 e. The highest BCUT2D eigenvalue weighted by atomic mass is 16.5. The number of oxazole rings is 1. The largest absolute Gasteiger partial charge is 0.477 e. The summed E-state index contributed by atoms with van der Waals surface area (Å²) < 4.78 is 11.3. The molecule has 1 atom stereocenters. The number of para-hydroxylation sites is 2. The molecular formula is C15H17N3O3. The zero-order chi connectivity index (χ0) is 14.8. The fourth-order valence-corrected chi connectivity index (χ4v) is 2.42. The Labute approximate surface area is 122 Å². The zero-order valence-electron chi connectivity index (χ0n) is 12.0. The molecule has 21 heavy (non-hydrogen) atoms. The molecule has 2 aromatic rings. The van der Waals surface area contributed by atoms with Gasteiger partial charge in [-0.3, -0.25) is 4.79 Å². The van der Waals surface area contributed by atoms with Crippen molar-refractivity contribution in [2.24, 2.45) is 0 Å². The van der Waals surface area contributed by atoms with E-state index in [-0.39, 0.29) is 5.91 Å². The van der Waals surface area contributed by atoms with Crippen LogP contribution in [0, 0.1) is 6.92 Å². The molecule has 0 saturated heterocycles. The Bertz CT molecular complexity index is 653. The van der Waals surface area contributed by atoms with Crippen molar-refractivity contribution in [1.82, 2.24) is 10.3 Å². The highest BCUT2D eigenvalue weighted by Crippen LogP contribution is 2.34. The van der Waals surface area contributed by atoms with Crippen molar-refractivity contribution in [2.75, 3.05) is 18.5 Å². The molecule has 1 N–H and O–H groups in total. The van der Waals surface area contributed by atoms with E-state index in [9.17, 15) is 4.79 Å². The summed E-state index contributed by atoms with van der Waals surface area (Å²) in [4.78, 5) is 18.1. The van der Waals surface area contributed by atoms with Gasteiger partial charge in [0.25, 0.3) is 5.91 Å². The van der Waals surface area contributed by atoms with Gasteiger partial charge in [-0.25, -0.2) is 4.98 Å². The van der Waals surface area contributed by atoms with Gasteiger partial charge in [-0.15, -0.1) is 0 Å². The van der Waals surface area contributed by atoms with Crippen molar-refractivity contribution in [3.8, 4) is 5.75 Å². The minimum Gasteiger partial charge on any atom is -0.477 e. The fourth-order valence-electron chi connectivity index (χ4n) is 2.42. The Morgan fingerprint density at radius 2 is 2.29 bits per heavy atom. The molecule has 6 nitrogen and oxygen atoms in total. The molecule has 1 amide bonds. The van der Waals surface area contributed by atoms with Gasteiger partial charge in [0.15, 0.2) is 12.0 Å². The molecule has 1 aliphatic rings. The van der Waals surface area contributed by atoms with Crippen LogP contribution in [0.5, 0.6) is 5.75 Å². The van der Waals surface area contributed by atoms with E-state index in [1.807, 2.05) is 31.2 Å². The first-order valence-corrected chi connectivity index (χ1v) is 6.81. The van der Waals surface area contributed by atoms with Gasteiger partial charge in [0.2, 0.25) is 0 Å². The van der Waals surface area contributed by atoms with E-state index in [1.54, 1.807) is 13.2 Å². The molecule has 1 aromatic carbocycles. The SMILES string of the molecule is CNC(=O)C1CN(Cc2cnc(C)o2)c2ccccc2O1. The Morgan fingerprint density at radius 3 is 3.00 bits per heavy atom. The van der Waals surface area contributed by atoms with Gasteiger partial charge in [0, 0.05) is 14.0 Å². The monoisotopic (exact) mass is 287 g/mol. The number of hydrogen-bond donors (Lipinski definition) is 1. The molecule has 0 spiro atoms. The maximum absolute atomic E-state index is 11.9. The van der Waals surface area contributed by atoms with Crippen molar-refractivity contribution < 1.29 is 13.9 Å². The molecule has 3 rings (SSSR count). The second kappa shape index (κ2) is 5.47. The lowest BCUT2D eigenvalue weighted by atomic mass is 10.1.